The molecule has 0 fully saturated rings. The number of H-pyrrole nitrogens is 1. The van der Waals surface area contributed by atoms with Crippen LogP contribution in [0.15, 0.2) is 40.4 Å². The van der Waals surface area contributed by atoms with E-state index in [2.05, 4.69) is 101 Å². The summed E-state index contributed by atoms with van der Waals surface area (Å²) < 4.78 is 3.44. The number of halogens is 2. The topological polar surface area (TPSA) is 15.8 Å². The zero-order valence-corrected chi connectivity index (χ0v) is 21.3. The molecule has 140 valence electrons. The third-order valence-corrected chi connectivity index (χ3v) is 50.9. The molecule has 1 aromatic rings. The predicted molar refractivity (Wildman–Crippen MR) is 116 cm³/mol. The average Bonchev–Trinajstić information content (AvgIpc) is 3.01. The summed E-state index contributed by atoms with van der Waals surface area (Å²) in [5.74, 6) is 0. The van der Waals surface area contributed by atoms with Gasteiger partial charge < -0.3 is 0 Å². The Balaban J connectivity index is 0.00000264. The molecule has 1 nitrogen and oxygen atoms in total. The largest absolute Gasteiger partial charge is 0.147 e. The van der Waals surface area contributed by atoms with Gasteiger partial charge in [0, 0.05) is 0 Å². The fraction of sp³-hybridized carbons (Fsp3) is 0.579. The number of allylic oxidation sites excluding steroid dienone is 4. The zero-order valence-electron chi connectivity index (χ0n) is 16.7. The Bertz CT molecular complexity index is 785. The average molecular weight is 426 g/mol. The minimum atomic E-state index is -4.48. The van der Waals surface area contributed by atoms with Gasteiger partial charge in [0.05, 0.1) is 0 Å². The molecule has 0 saturated carbocycles. The molecule has 0 unspecified atom stereocenters. The van der Waals surface area contributed by atoms with Crippen molar-refractivity contribution in [2.75, 3.05) is 0 Å². The smallest absolute Gasteiger partial charge is 0.147 e. The third kappa shape index (κ3) is 1.83. The maximum Gasteiger partial charge on any atom is -0.147 e. The molecular formula is C19H37Cl2NSiTi. The number of hydrogen-bond donors (Lipinski definition) is 1. The van der Waals surface area contributed by atoms with Gasteiger partial charge in [-0.05, 0) is 0 Å². The van der Waals surface area contributed by atoms with E-state index >= 15 is 0 Å². The molecule has 5 heteroatoms. The number of aromatic amines is 1. The molecular weight excluding hydrogens is 389 g/mol. The van der Waals surface area contributed by atoms with Gasteiger partial charge in [-0.15, -0.1) is 24.8 Å². The normalized spacial score (nSPS) is 19.8. The second-order valence-electron chi connectivity index (χ2n) is 11.6. The van der Waals surface area contributed by atoms with Gasteiger partial charge in [-0.1, -0.05) is 0 Å². The second-order valence-corrected chi connectivity index (χ2v) is 44.3. The van der Waals surface area contributed by atoms with Crippen LogP contribution in [-0.4, -0.2) is 12.6 Å². The summed E-state index contributed by atoms with van der Waals surface area (Å²) in [5.41, 5.74) is 0. The van der Waals surface area contributed by atoms with Crippen molar-refractivity contribution in [2.45, 2.75) is 65.9 Å². The number of hydrogen-bond acceptors (Lipinski definition) is 0. The summed E-state index contributed by atoms with van der Waals surface area (Å²) in [7, 11) is 2.37. The zero-order chi connectivity index (χ0) is 17.2. The van der Waals surface area contributed by atoms with E-state index < -0.39 is 11.5 Å². The first-order valence-electron chi connectivity index (χ1n) is 8.56. The fourth-order valence-corrected chi connectivity index (χ4v) is 21.9. The van der Waals surface area contributed by atoms with Crippen molar-refractivity contribution in [3.05, 3.63) is 40.4 Å². The Morgan fingerprint density at radius 2 is 1.50 bits per heavy atom. The molecule has 0 saturated heterocycles. The van der Waals surface area contributed by atoms with Gasteiger partial charge in [0.15, 0.2) is 0 Å². The van der Waals surface area contributed by atoms with Gasteiger partial charge in [-0.2, -0.15) is 0 Å². The van der Waals surface area contributed by atoms with E-state index in [1.165, 1.54) is 4.00 Å². The fourth-order valence-electron chi connectivity index (χ4n) is 5.28. The van der Waals surface area contributed by atoms with E-state index in [-0.39, 0.29) is 32.3 Å². The van der Waals surface area contributed by atoms with Gasteiger partial charge in [-0.3, -0.25) is 0 Å². The Morgan fingerprint density at radius 3 is 1.79 bits per heavy atom. The molecule has 1 aliphatic carbocycles. The van der Waals surface area contributed by atoms with Gasteiger partial charge in [0.25, 0.3) is 0 Å². The summed E-state index contributed by atoms with van der Waals surface area (Å²) >= 11 is -4.48. The Kier molecular flexibility index (Phi) is 5.22. The standard InChI is InChI=1S/C5H5.C4H4N.2C4H9.2CH3.2ClH.H2Si.Ti/c2*1-2-4-5-3-1;2*1-4(2)3;;;;;;/h1-3H,4H2;1-3,5H;2*1-3H3;2*1H3;2*1H;1H2;. The van der Waals surface area contributed by atoms with Crippen LogP contribution in [0.4, 0.5) is 0 Å². The first kappa shape index (κ1) is 24.3. The summed E-state index contributed by atoms with van der Waals surface area (Å²) in [4.78, 5) is 3.71. The van der Waals surface area contributed by atoms with Crippen LogP contribution in [0.3, 0.4) is 0 Å². The molecule has 1 aliphatic rings. The molecule has 1 heterocycles. The molecule has 0 bridgehead atoms. The number of rotatable bonds is 2. The van der Waals surface area contributed by atoms with Crippen molar-refractivity contribution < 1.29 is 11.5 Å². The van der Waals surface area contributed by atoms with Gasteiger partial charge >= 0.3 is 134 Å². The van der Waals surface area contributed by atoms with Crippen LogP contribution in [0.5, 0.6) is 0 Å². The van der Waals surface area contributed by atoms with Gasteiger partial charge in [0.2, 0.25) is 0 Å². The Hall–Kier alpha value is 0.271. The van der Waals surface area contributed by atoms with Gasteiger partial charge in [-0.25, -0.2) is 0 Å². The van der Waals surface area contributed by atoms with Crippen LogP contribution in [-0.2, 0) is 11.5 Å². The number of aromatic nitrogens is 1. The molecule has 1 aromatic heterocycles. The first-order chi connectivity index (χ1) is 9.58. The quantitative estimate of drug-likeness (QED) is 0.545. The van der Waals surface area contributed by atoms with Crippen molar-refractivity contribution in [3.63, 3.8) is 0 Å². The SMILES string of the molecule is C[C](C)(C)[Ti]([CH3])([CH3])(=[SiH2])([C]1=CC=CC1)([c]1ccc[nH]1)[C](C)(C)C.Cl.Cl. The monoisotopic (exact) mass is 425 g/mol. The summed E-state index contributed by atoms with van der Waals surface area (Å²) in [5, 5.41) is 5.36. The van der Waals surface area contributed by atoms with Crippen molar-refractivity contribution in [3.8, 4) is 0 Å². The van der Waals surface area contributed by atoms with E-state index in [9.17, 15) is 0 Å². The molecule has 24 heavy (non-hydrogen) atoms. The van der Waals surface area contributed by atoms with Crippen molar-refractivity contribution in [1.29, 1.82) is 0 Å². The third-order valence-electron chi connectivity index (χ3n) is 10.2. The van der Waals surface area contributed by atoms with Crippen molar-refractivity contribution >= 4 is 36.4 Å². The summed E-state index contributed by atoms with van der Waals surface area (Å²) in [6.45, 7) is 14.8. The maximum atomic E-state index is 3.71. The molecule has 0 aromatic carbocycles. The molecule has 0 radical (unpaired) electrons. The molecule has 0 amide bonds. The minimum Gasteiger partial charge on any atom is -0.147 e. The minimum absolute atomic E-state index is 0. The van der Waals surface area contributed by atoms with Crippen LogP contribution < -0.4 is 4.00 Å². The predicted octanol–water partition coefficient (Wildman–Crippen LogP) is 6.17. The molecule has 2 rings (SSSR count). The van der Waals surface area contributed by atoms with E-state index in [0.29, 0.717) is 0 Å². The molecule has 0 aliphatic heterocycles. The summed E-state index contributed by atoms with van der Waals surface area (Å²) in [6.07, 6.45) is 10.2. The molecule has 0 atom stereocenters. The Labute approximate surface area is 158 Å². The van der Waals surface area contributed by atoms with Crippen molar-refractivity contribution in [1.82, 2.24) is 4.98 Å². The van der Waals surface area contributed by atoms with Crippen LogP contribution in [0.25, 0.3) is 0 Å². The van der Waals surface area contributed by atoms with Crippen LogP contribution in [0.2, 0.25) is 17.9 Å². The van der Waals surface area contributed by atoms with E-state index in [1.54, 1.807) is 3.88 Å². The van der Waals surface area contributed by atoms with E-state index in [1.807, 2.05) is 0 Å². The van der Waals surface area contributed by atoms with Crippen LogP contribution in [0, 0.1) is 0 Å². The van der Waals surface area contributed by atoms with Crippen LogP contribution >= 0.6 is 24.8 Å². The van der Waals surface area contributed by atoms with Crippen molar-refractivity contribution in [2.24, 2.45) is 0 Å². The second kappa shape index (κ2) is 5.17. The van der Waals surface area contributed by atoms with Crippen LogP contribution in [0.1, 0.15) is 48.0 Å². The number of nitrogens with one attached hydrogen (secondary N) is 1. The maximum absolute atomic E-state index is 4.48. The molecule has 1 N–H and O–H groups in total. The Morgan fingerprint density at radius 1 is 1.00 bits per heavy atom. The molecule has 0 spiro atoms. The first-order valence-corrected chi connectivity index (χ1v) is 18.8. The summed E-state index contributed by atoms with van der Waals surface area (Å²) in [6, 6.07) is 4.54. The van der Waals surface area contributed by atoms with E-state index in [4.69, 9.17) is 0 Å². The van der Waals surface area contributed by atoms with Gasteiger partial charge in [0.1, 0.15) is 0 Å². The van der Waals surface area contributed by atoms with E-state index in [0.717, 1.165) is 6.42 Å².